The summed E-state index contributed by atoms with van der Waals surface area (Å²) in [5.41, 5.74) is 1.38. The molecule has 1 spiro atoms. The number of rotatable bonds is 7. The molecule has 0 saturated carbocycles. The Balaban J connectivity index is 0.00000196. The van der Waals surface area contributed by atoms with Gasteiger partial charge >= 0.3 is 0 Å². The highest BCUT2D eigenvalue weighted by molar-refractivity contribution is 5.85. The number of likely N-dealkylation sites (N-methyl/N-ethyl adjacent to an activating group) is 1. The lowest BCUT2D eigenvalue weighted by Crippen LogP contribution is -2.45. The minimum Gasteiger partial charge on any atom is -0.383 e. The number of aryl methyl sites for hydroxylation is 1. The van der Waals surface area contributed by atoms with Gasteiger partial charge in [-0.25, -0.2) is 0 Å². The number of nitrogens with zero attached hydrogens (tertiary/aromatic N) is 4. The molecule has 0 radical (unpaired) electrons. The second-order valence-corrected chi connectivity index (χ2v) is 7.84. The van der Waals surface area contributed by atoms with E-state index in [9.17, 15) is 4.79 Å². The third-order valence-electron chi connectivity index (χ3n) is 5.95. The van der Waals surface area contributed by atoms with E-state index in [1.54, 1.807) is 7.11 Å². The van der Waals surface area contributed by atoms with Crippen molar-refractivity contribution in [2.45, 2.75) is 45.3 Å². The molecule has 0 aliphatic carbocycles. The maximum Gasteiger partial charge on any atom is 0.240 e. The van der Waals surface area contributed by atoms with Crippen LogP contribution in [0, 0.1) is 5.41 Å². The van der Waals surface area contributed by atoms with Crippen LogP contribution in [-0.2, 0) is 22.6 Å². The molecule has 1 N–H and O–H groups in total. The Kier molecular flexibility index (Phi) is 10.2. The Hall–Kier alpha value is -0.860. The molecule has 2 saturated heterocycles. The highest BCUT2D eigenvalue weighted by atomic mass is 35.5. The average Bonchev–Trinajstić information content (AvgIpc) is 3.23. The van der Waals surface area contributed by atoms with Gasteiger partial charge in [0.1, 0.15) is 0 Å². The number of halogens is 2. The lowest BCUT2D eigenvalue weighted by molar-refractivity contribution is -0.137. The number of carbonyl (C=O) groups excluding carboxylic acids is 1. The van der Waals surface area contributed by atoms with Gasteiger partial charge in [-0.15, -0.1) is 24.8 Å². The number of likely N-dealkylation sites (tertiary alicyclic amines) is 1. The third-order valence-corrected chi connectivity index (χ3v) is 5.95. The van der Waals surface area contributed by atoms with Gasteiger partial charge in [0.2, 0.25) is 5.91 Å². The summed E-state index contributed by atoms with van der Waals surface area (Å²) >= 11 is 0. The van der Waals surface area contributed by atoms with E-state index in [-0.39, 0.29) is 36.8 Å². The zero-order chi connectivity index (χ0) is 18.6. The van der Waals surface area contributed by atoms with Crippen LogP contribution in [0.3, 0.4) is 0 Å². The first-order chi connectivity index (χ1) is 12.6. The molecule has 1 amide bonds. The van der Waals surface area contributed by atoms with Crippen molar-refractivity contribution in [1.82, 2.24) is 24.9 Å². The molecule has 2 fully saturated rings. The molecule has 7 nitrogen and oxygen atoms in total. The van der Waals surface area contributed by atoms with Crippen molar-refractivity contribution in [3.63, 3.8) is 0 Å². The Morgan fingerprint density at radius 3 is 2.71 bits per heavy atom. The Morgan fingerprint density at radius 2 is 2.11 bits per heavy atom. The first-order valence-corrected chi connectivity index (χ1v) is 9.77. The summed E-state index contributed by atoms with van der Waals surface area (Å²) in [5.74, 6) is 0.226. The van der Waals surface area contributed by atoms with Gasteiger partial charge in [-0.1, -0.05) is 0 Å². The van der Waals surface area contributed by atoms with Gasteiger partial charge in [0.25, 0.3) is 0 Å². The summed E-state index contributed by atoms with van der Waals surface area (Å²) in [4.78, 5) is 17.6. The number of ether oxygens (including phenoxy) is 1. The number of hydrogen-bond donors (Lipinski definition) is 1. The standard InChI is InChI=1S/C19H33N5O2.2ClH/c1-4-24-14-16(12-21-24)13-23(9-10-26-3)18(25)17-11-19(15-22(17)2)5-7-20-8-6-19;;/h12,14,17,20H,4-11,13,15H2,1-3H3;2*1H. The number of aromatic nitrogens is 2. The lowest BCUT2D eigenvalue weighted by atomic mass is 9.77. The number of methoxy groups -OCH3 is 1. The van der Waals surface area contributed by atoms with E-state index in [2.05, 4.69) is 29.3 Å². The second-order valence-electron chi connectivity index (χ2n) is 7.84. The van der Waals surface area contributed by atoms with Crippen molar-refractivity contribution in [2.24, 2.45) is 5.41 Å². The molecule has 28 heavy (non-hydrogen) atoms. The Labute approximate surface area is 181 Å². The first-order valence-electron chi connectivity index (χ1n) is 9.77. The number of carbonyl (C=O) groups is 1. The maximum atomic E-state index is 13.4. The average molecular weight is 436 g/mol. The van der Waals surface area contributed by atoms with E-state index in [4.69, 9.17) is 4.74 Å². The van der Waals surface area contributed by atoms with Crippen LogP contribution in [0.2, 0.25) is 0 Å². The minimum atomic E-state index is -0.0221. The van der Waals surface area contributed by atoms with Crippen molar-refractivity contribution in [2.75, 3.05) is 46.9 Å². The predicted molar refractivity (Wildman–Crippen MR) is 115 cm³/mol. The van der Waals surface area contributed by atoms with E-state index in [0.29, 0.717) is 25.1 Å². The van der Waals surface area contributed by atoms with Gasteiger partial charge in [-0.05, 0) is 51.7 Å². The van der Waals surface area contributed by atoms with Gasteiger partial charge in [0, 0.05) is 45.0 Å². The molecule has 3 heterocycles. The second kappa shape index (κ2) is 11.4. The van der Waals surface area contributed by atoms with E-state index in [1.807, 2.05) is 22.0 Å². The van der Waals surface area contributed by atoms with Gasteiger partial charge < -0.3 is 15.0 Å². The number of hydrogen-bond acceptors (Lipinski definition) is 5. The van der Waals surface area contributed by atoms with Crippen LogP contribution in [0.25, 0.3) is 0 Å². The largest absolute Gasteiger partial charge is 0.383 e. The molecule has 1 atom stereocenters. The molecule has 1 unspecified atom stereocenters. The van der Waals surface area contributed by atoms with Crippen LogP contribution in [0.1, 0.15) is 31.7 Å². The summed E-state index contributed by atoms with van der Waals surface area (Å²) < 4.78 is 7.15. The van der Waals surface area contributed by atoms with Crippen LogP contribution in [0.5, 0.6) is 0 Å². The molecular weight excluding hydrogens is 401 g/mol. The quantitative estimate of drug-likeness (QED) is 0.707. The molecule has 0 aromatic carbocycles. The predicted octanol–water partition coefficient (Wildman–Crippen LogP) is 1.80. The normalized spacial score (nSPS) is 21.2. The topological polar surface area (TPSA) is 62.6 Å². The van der Waals surface area contributed by atoms with Crippen LogP contribution >= 0.6 is 24.8 Å². The fourth-order valence-electron chi connectivity index (χ4n) is 4.43. The smallest absolute Gasteiger partial charge is 0.240 e. The summed E-state index contributed by atoms with van der Waals surface area (Å²) in [5, 5.41) is 7.78. The summed E-state index contributed by atoms with van der Waals surface area (Å²) in [6.07, 6.45) is 7.20. The molecule has 3 rings (SSSR count). The van der Waals surface area contributed by atoms with Gasteiger partial charge in [0.05, 0.1) is 18.8 Å². The molecule has 2 aliphatic rings. The summed E-state index contributed by atoms with van der Waals surface area (Å²) in [6.45, 7) is 7.84. The van der Waals surface area contributed by atoms with Gasteiger partial charge in [-0.2, -0.15) is 5.10 Å². The monoisotopic (exact) mass is 435 g/mol. The highest BCUT2D eigenvalue weighted by Crippen LogP contribution is 2.41. The third kappa shape index (κ3) is 5.83. The SMILES string of the molecule is CCn1cc(CN(CCOC)C(=O)C2CC3(CCNCC3)CN2C)cn1.Cl.Cl. The van der Waals surface area contributed by atoms with Gasteiger partial charge in [0.15, 0.2) is 0 Å². The van der Waals surface area contributed by atoms with Crippen molar-refractivity contribution in [3.05, 3.63) is 18.0 Å². The van der Waals surface area contributed by atoms with Crippen LogP contribution in [0.4, 0.5) is 0 Å². The van der Waals surface area contributed by atoms with Crippen molar-refractivity contribution < 1.29 is 9.53 Å². The van der Waals surface area contributed by atoms with E-state index >= 15 is 0 Å². The zero-order valence-corrected chi connectivity index (χ0v) is 18.9. The van der Waals surface area contributed by atoms with Crippen LogP contribution < -0.4 is 5.32 Å². The zero-order valence-electron chi connectivity index (χ0n) is 17.2. The Bertz CT molecular complexity index is 607. The fraction of sp³-hybridized carbons (Fsp3) is 0.789. The van der Waals surface area contributed by atoms with E-state index in [0.717, 1.165) is 38.2 Å². The molecular formula is C19H35Cl2N5O2. The molecule has 0 bridgehead atoms. The molecule has 9 heteroatoms. The van der Waals surface area contributed by atoms with Crippen molar-refractivity contribution in [1.29, 1.82) is 0 Å². The minimum absolute atomic E-state index is 0. The van der Waals surface area contributed by atoms with E-state index in [1.165, 1.54) is 12.8 Å². The first kappa shape index (κ1) is 25.2. The molecule has 1 aromatic heterocycles. The number of nitrogens with one attached hydrogen (secondary N) is 1. The molecule has 1 aromatic rings. The van der Waals surface area contributed by atoms with E-state index < -0.39 is 0 Å². The highest BCUT2D eigenvalue weighted by Gasteiger charge is 2.46. The Morgan fingerprint density at radius 1 is 1.39 bits per heavy atom. The molecule has 2 aliphatic heterocycles. The fourth-order valence-corrected chi connectivity index (χ4v) is 4.43. The maximum absolute atomic E-state index is 13.4. The summed E-state index contributed by atoms with van der Waals surface area (Å²) in [6, 6.07) is -0.0221. The van der Waals surface area contributed by atoms with Crippen molar-refractivity contribution >= 4 is 30.7 Å². The van der Waals surface area contributed by atoms with Gasteiger partial charge in [-0.3, -0.25) is 14.4 Å². The van der Waals surface area contributed by atoms with Crippen LogP contribution in [0.15, 0.2) is 12.4 Å². The number of amides is 1. The lowest BCUT2D eigenvalue weighted by Gasteiger charge is -2.33. The number of piperidine rings is 1. The van der Waals surface area contributed by atoms with Crippen molar-refractivity contribution in [3.8, 4) is 0 Å². The summed E-state index contributed by atoms with van der Waals surface area (Å²) in [7, 11) is 3.78. The molecule has 162 valence electrons. The van der Waals surface area contributed by atoms with Crippen LogP contribution in [-0.4, -0.2) is 78.5 Å².